The molecule has 0 aromatic rings. The second-order valence-electron chi connectivity index (χ2n) is 25.2. The van der Waals surface area contributed by atoms with E-state index in [0.717, 1.165) is 114 Å². The summed E-state index contributed by atoms with van der Waals surface area (Å²) in [6.07, 6.45) is 35.0. The van der Waals surface area contributed by atoms with Crippen LogP contribution in [0.5, 0.6) is 0 Å². The van der Waals surface area contributed by atoms with Crippen molar-refractivity contribution < 1.29 is 80.2 Å². The molecule has 0 rings (SSSR count). The number of aliphatic hydroxyl groups excluding tert-OH is 1. The molecule has 0 heterocycles. The summed E-state index contributed by atoms with van der Waals surface area (Å²) in [7, 11) is -9.89. The van der Waals surface area contributed by atoms with Crippen molar-refractivity contribution in [2.45, 2.75) is 331 Å². The normalized spacial score (nSPS) is 14.7. The Bertz CT molecular complexity index is 1680. The molecule has 17 nitrogen and oxygen atoms in total. The van der Waals surface area contributed by atoms with Crippen molar-refractivity contribution in [3.8, 4) is 0 Å². The van der Waals surface area contributed by atoms with Crippen LogP contribution in [0.15, 0.2) is 0 Å². The van der Waals surface area contributed by atoms with Gasteiger partial charge in [-0.1, -0.05) is 261 Å². The Hall–Kier alpha value is -1.94. The predicted octanol–water partition coefficient (Wildman–Crippen LogP) is 17.8. The first-order chi connectivity index (χ1) is 40.1. The average Bonchev–Trinajstić information content (AvgIpc) is 3.50. The summed E-state index contributed by atoms with van der Waals surface area (Å²) in [4.78, 5) is 72.2. The molecular formula is C65H126O17P2. The van der Waals surface area contributed by atoms with Crippen molar-refractivity contribution >= 4 is 39.5 Å². The maximum Gasteiger partial charge on any atom is 0.472 e. The monoisotopic (exact) mass is 1240 g/mol. The van der Waals surface area contributed by atoms with E-state index in [9.17, 15) is 43.2 Å². The highest BCUT2D eigenvalue weighted by Gasteiger charge is 2.30. The van der Waals surface area contributed by atoms with Gasteiger partial charge in [-0.25, -0.2) is 9.13 Å². The Morgan fingerprint density at radius 2 is 0.571 bits per heavy atom. The van der Waals surface area contributed by atoms with Gasteiger partial charge in [-0.2, -0.15) is 0 Å². The Balaban J connectivity index is 5.25. The first kappa shape index (κ1) is 82.1. The summed E-state index contributed by atoms with van der Waals surface area (Å²) in [5, 5.41) is 10.5. The van der Waals surface area contributed by atoms with Gasteiger partial charge >= 0.3 is 39.5 Å². The van der Waals surface area contributed by atoms with Gasteiger partial charge in [-0.3, -0.25) is 37.3 Å². The van der Waals surface area contributed by atoms with E-state index in [-0.39, 0.29) is 25.7 Å². The van der Waals surface area contributed by atoms with Gasteiger partial charge in [-0.15, -0.1) is 0 Å². The van der Waals surface area contributed by atoms with E-state index in [1.54, 1.807) is 0 Å². The lowest BCUT2D eigenvalue weighted by molar-refractivity contribution is -0.161. The molecule has 0 aromatic carbocycles. The average molecular weight is 1240 g/mol. The number of phosphoric ester groups is 2. The van der Waals surface area contributed by atoms with Gasteiger partial charge in [0.15, 0.2) is 12.2 Å². The van der Waals surface area contributed by atoms with E-state index in [0.29, 0.717) is 31.6 Å². The first-order valence-electron chi connectivity index (χ1n) is 33.7. The maximum atomic E-state index is 13.0. The predicted molar refractivity (Wildman–Crippen MR) is 335 cm³/mol. The van der Waals surface area contributed by atoms with Crippen LogP contribution in [0.25, 0.3) is 0 Å². The van der Waals surface area contributed by atoms with Crippen LogP contribution in [0.2, 0.25) is 0 Å². The molecule has 0 aliphatic carbocycles. The van der Waals surface area contributed by atoms with Crippen molar-refractivity contribution in [2.24, 2.45) is 23.7 Å². The van der Waals surface area contributed by atoms with E-state index in [4.69, 9.17) is 37.0 Å². The molecule has 3 unspecified atom stereocenters. The lowest BCUT2D eigenvalue weighted by Gasteiger charge is -2.21. The second-order valence-corrected chi connectivity index (χ2v) is 28.1. The molecule has 0 amide bonds. The number of hydrogen-bond donors (Lipinski definition) is 3. The van der Waals surface area contributed by atoms with E-state index in [1.165, 1.54) is 109 Å². The summed E-state index contributed by atoms with van der Waals surface area (Å²) in [5.41, 5.74) is 0. The van der Waals surface area contributed by atoms with Crippen molar-refractivity contribution in [3.63, 3.8) is 0 Å². The van der Waals surface area contributed by atoms with Gasteiger partial charge in [0.25, 0.3) is 0 Å². The molecule has 0 radical (unpaired) electrons. The number of phosphoric acid groups is 2. The van der Waals surface area contributed by atoms with Crippen molar-refractivity contribution in [2.75, 3.05) is 39.6 Å². The molecule has 6 atom stereocenters. The standard InChI is InChI=1S/C65H126O17P2/c1-9-58(8)44-36-28-22-24-30-38-46-63(68)76-52-61(82-65(70)48-40-32-23-21-27-35-43-57(6)7)54-80-84(73,74)78-50-59(66)49-77-83(71,72)79-53-60(81-64(69)47-39-31-20-16-12-14-18-26-34-42-56(4)5)51-75-62(67)45-37-29-19-15-11-10-13-17-25-33-41-55(2)3/h55-61,66H,9-54H2,1-8H3,(H,71,72)(H,73,74)/t58?,59-,60-,61-/m1/s1. The van der Waals surface area contributed by atoms with E-state index in [2.05, 4.69) is 55.4 Å². The van der Waals surface area contributed by atoms with Gasteiger partial charge in [0.05, 0.1) is 26.4 Å². The minimum Gasteiger partial charge on any atom is -0.462 e. The summed E-state index contributed by atoms with van der Waals surface area (Å²) in [6.45, 7) is 13.9. The van der Waals surface area contributed by atoms with Crippen LogP contribution in [0, 0.1) is 23.7 Å². The molecule has 19 heteroatoms. The largest absolute Gasteiger partial charge is 0.472 e. The quantitative estimate of drug-likeness (QED) is 0.0222. The van der Waals surface area contributed by atoms with Gasteiger partial charge in [0.1, 0.15) is 19.3 Å². The zero-order valence-corrected chi connectivity index (χ0v) is 56.3. The van der Waals surface area contributed by atoms with Crippen LogP contribution in [-0.2, 0) is 65.4 Å². The van der Waals surface area contributed by atoms with Gasteiger partial charge in [0, 0.05) is 25.7 Å². The molecule has 0 aromatic heterocycles. The molecule has 0 saturated heterocycles. The van der Waals surface area contributed by atoms with Gasteiger partial charge < -0.3 is 33.8 Å². The number of rotatable bonds is 62. The molecule has 0 spiro atoms. The fraction of sp³-hybridized carbons (Fsp3) is 0.938. The van der Waals surface area contributed by atoms with Crippen molar-refractivity contribution in [1.82, 2.24) is 0 Å². The topological polar surface area (TPSA) is 237 Å². The molecule has 0 fully saturated rings. The summed E-state index contributed by atoms with van der Waals surface area (Å²) < 4.78 is 68.0. The van der Waals surface area contributed by atoms with E-state index >= 15 is 0 Å². The number of aliphatic hydroxyl groups is 1. The Kier molecular flexibility index (Phi) is 53.9. The Morgan fingerprint density at radius 1 is 0.333 bits per heavy atom. The SMILES string of the molecule is CCC(C)CCCCCCCCC(=O)OC[C@H](COP(=O)(O)OC[C@H](O)COP(=O)(O)OC[C@@H](COC(=O)CCCCCCCCCCCCC(C)C)OC(=O)CCCCCCCCCCCC(C)C)OC(=O)CCCCCCCCC(C)C. The fourth-order valence-corrected chi connectivity index (χ4v) is 11.2. The third-order valence-electron chi connectivity index (χ3n) is 15.2. The van der Waals surface area contributed by atoms with E-state index < -0.39 is 97.5 Å². The van der Waals surface area contributed by atoms with Crippen molar-refractivity contribution in [1.29, 1.82) is 0 Å². The van der Waals surface area contributed by atoms with Gasteiger partial charge in [0.2, 0.25) is 0 Å². The number of unbranched alkanes of at least 4 members (excludes halogenated alkanes) is 27. The van der Waals surface area contributed by atoms with Gasteiger partial charge in [-0.05, 0) is 49.4 Å². The van der Waals surface area contributed by atoms with Crippen molar-refractivity contribution in [3.05, 3.63) is 0 Å². The summed E-state index contributed by atoms with van der Waals surface area (Å²) in [5.74, 6) is 0.753. The Labute approximate surface area is 511 Å². The highest BCUT2D eigenvalue weighted by atomic mass is 31.2. The van der Waals surface area contributed by atoms with Crippen LogP contribution in [0.3, 0.4) is 0 Å². The number of carbonyl (C=O) groups excluding carboxylic acids is 4. The van der Waals surface area contributed by atoms with Crippen LogP contribution >= 0.6 is 15.6 Å². The first-order valence-corrected chi connectivity index (χ1v) is 36.7. The minimum absolute atomic E-state index is 0.101. The smallest absolute Gasteiger partial charge is 0.462 e. The highest BCUT2D eigenvalue weighted by Crippen LogP contribution is 2.45. The lowest BCUT2D eigenvalue weighted by atomic mass is 10.00. The number of ether oxygens (including phenoxy) is 4. The van der Waals surface area contributed by atoms with Crippen LogP contribution in [0.4, 0.5) is 0 Å². The second kappa shape index (κ2) is 55.2. The molecule has 0 aliphatic heterocycles. The molecule has 0 bridgehead atoms. The summed E-state index contributed by atoms with van der Waals surface area (Å²) in [6, 6.07) is 0. The van der Waals surface area contributed by atoms with Crippen LogP contribution in [-0.4, -0.2) is 96.7 Å². The summed E-state index contributed by atoms with van der Waals surface area (Å²) >= 11 is 0. The molecule has 3 N–H and O–H groups in total. The minimum atomic E-state index is -4.95. The van der Waals surface area contributed by atoms with Crippen LogP contribution < -0.4 is 0 Å². The number of esters is 4. The zero-order chi connectivity index (χ0) is 62.5. The van der Waals surface area contributed by atoms with E-state index in [1.807, 2.05) is 0 Å². The Morgan fingerprint density at radius 3 is 0.845 bits per heavy atom. The molecule has 84 heavy (non-hydrogen) atoms. The third kappa shape index (κ3) is 57.8. The number of carbonyl (C=O) groups is 4. The molecule has 498 valence electrons. The third-order valence-corrected chi connectivity index (χ3v) is 17.1. The molecule has 0 saturated carbocycles. The fourth-order valence-electron chi connectivity index (χ4n) is 9.57. The highest BCUT2D eigenvalue weighted by molar-refractivity contribution is 7.47. The zero-order valence-electron chi connectivity index (χ0n) is 54.5. The molecular weight excluding hydrogens is 1110 g/mol. The maximum absolute atomic E-state index is 13.0. The molecule has 0 aliphatic rings. The van der Waals surface area contributed by atoms with Crippen LogP contribution in [0.1, 0.15) is 312 Å². The lowest BCUT2D eigenvalue weighted by Crippen LogP contribution is -2.30. The number of hydrogen-bond acceptors (Lipinski definition) is 15.